The van der Waals surface area contributed by atoms with E-state index < -0.39 is 50.4 Å². The lowest BCUT2D eigenvalue weighted by molar-refractivity contribution is -0.158. The molecule has 0 radical (unpaired) electrons. The third-order valence-electron chi connectivity index (χ3n) is 6.14. The normalized spacial score (nSPS) is 15.8. The van der Waals surface area contributed by atoms with Gasteiger partial charge in [-0.3, -0.25) is 9.78 Å². The van der Waals surface area contributed by atoms with Crippen LogP contribution in [-0.4, -0.2) is 84.9 Å². The maximum absolute atomic E-state index is 13.5. The molecule has 1 fully saturated rings. The smallest absolute Gasteiger partial charge is 0.415 e. The lowest BCUT2D eigenvalue weighted by atomic mass is 10.0. The zero-order chi connectivity index (χ0) is 31.1. The number of aromatic nitrogens is 1. The van der Waals surface area contributed by atoms with E-state index in [1.54, 1.807) is 63.8 Å². The lowest BCUT2D eigenvalue weighted by Crippen LogP contribution is -2.58. The fourth-order valence-corrected chi connectivity index (χ4v) is 5.59. The number of hydrogen-bond donors (Lipinski definition) is 4. The molecule has 0 bridgehead atoms. The Morgan fingerprint density at radius 1 is 1.07 bits per heavy atom. The van der Waals surface area contributed by atoms with Crippen molar-refractivity contribution in [2.75, 3.05) is 26.2 Å². The predicted octanol–water partition coefficient (Wildman–Crippen LogP) is 1.91. The molecule has 2 amide bonds. The predicted molar refractivity (Wildman–Crippen MR) is 160 cm³/mol. The first-order valence-corrected chi connectivity index (χ1v) is 15.4. The van der Waals surface area contributed by atoms with Crippen molar-refractivity contribution in [3.8, 4) is 5.75 Å². The molecule has 1 aliphatic heterocycles. The second kappa shape index (κ2) is 13.8. The molecule has 0 saturated carbocycles. The molecule has 2 aromatic rings. The molecule has 3 rings (SSSR count). The first-order valence-electron chi connectivity index (χ1n) is 13.5. The van der Waals surface area contributed by atoms with Crippen LogP contribution in [0.5, 0.6) is 5.75 Å². The molecule has 230 valence electrons. The van der Waals surface area contributed by atoms with Gasteiger partial charge in [0.15, 0.2) is 0 Å². The van der Waals surface area contributed by atoms with Gasteiger partial charge in [-0.05, 0) is 64.4 Å². The van der Waals surface area contributed by atoms with Crippen molar-refractivity contribution in [1.29, 1.82) is 0 Å². The number of thiol groups is 1. The molecule has 0 unspecified atom stereocenters. The van der Waals surface area contributed by atoms with Crippen LogP contribution in [0.3, 0.4) is 0 Å². The summed E-state index contributed by atoms with van der Waals surface area (Å²) in [6, 6.07) is 6.85. The number of rotatable bonds is 10. The quantitative estimate of drug-likeness (QED) is 0.230. The van der Waals surface area contributed by atoms with Gasteiger partial charge in [0.2, 0.25) is 15.9 Å². The van der Waals surface area contributed by atoms with Crippen LogP contribution in [0.2, 0.25) is 0 Å². The summed E-state index contributed by atoms with van der Waals surface area (Å²) in [6.45, 7) is 10.8. The average Bonchev–Trinajstić information content (AvgIpc) is 2.91. The van der Waals surface area contributed by atoms with E-state index in [2.05, 4.69) is 33.0 Å². The van der Waals surface area contributed by atoms with Crippen molar-refractivity contribution in [3.05, 3.63) is 54.4 Å². The number of carbonyl (C=O) groups is 3. The number of piperazine rings is 1. The zero-order valence-electron chi connectivity index (χ0n) is 24.4. The molecule has 2 atom stereocenters. The first-order chi connectivity index (χ1) is 19.5. The van der Waals surface area contributed by atoms with Gasteiger partial charge in [-0.25, -0.2) is 18.0 Å². The minimum absolute atomic E-state index is 0.0295. The molecule has 1 aromatic heterocycles. The molecule has 1 aromatic carbocycles. The van der Waals surface area contributed by atoms with Gasteiger partial charge in [0.1, 0.15) is 28.3 Å². The highest BCUT2D eigenvalue weighted by Gasteiger charge is 2.38. The van der Waals surface area contributed by atoms with Crippen LogP contribution < -0.4 is 20.1 Å². The van der Waals surface area contributed by atoms with Crippen LogP contribution in [0.4, 0.5) is 4.79 Å². The minimum atomic E-state index is -4.14. The van der Waals surface area contributed by atoms with Crippen molar-refractivity contribution in [3.63, 3.8) is 0 Å². The van der Waals surface area contributed by atoms with E-state index in [9.17, 15) is 22.8 Å². The maximum atomic E-state index is 13.5. The number of pyridine rings is 1. The summed E-state index contributed by atoms with van der Waals surface area (Å²) < 4.78 is 38.3. The van der Waals surface area contributed by atoms with Crippen molar-refractivity contribution in [2.24, 2.45) is 0 Å². The standard InChI is InChI=1S/C28H39N5O7S2/c1-27(2,3)40-25(35)22(17-19-8-10-20(11-9-19)39-26(36)33-15-13-29-14-16-33)31-24(34)23(28(4,5)41)32-42(37,38)21-7-6-12-30-18-21/h6-12,18,22-23,29,32,41H,13-17H2,1-5H3,(H,31,34)/t22-,23+/m0/s1. The maximum Gasteiger partial charge on any atom is 0.415 e. The van der Waals surface area contributed by atoms with Gasteiger partial charge in [0, 0.05) is 49.7 Å². The molecule has 1 saturated heterocycles. The Morgan fingerprint density at radius 3 is 2.26 bits per heavy atom. The summed E-state index contributed by atoms with van der Waals surface area (Å²) in [4.78, 5) is 44.4. The monoisotopic (exact) mass is 621 g/mol. The Balaban J connectivity index is 1.78. The van der Waals surface area contributed by atoms with Gasteiger partial charge in [-0.15, -0.1) is 0 Å². The molecule has 1 aliphatic rings. The number of carbonyl (C=O) groups excluding carboxylic acids is 3. The van der Waals surface area contributed by atoms with Gasteiger partial charge >= 0.3 is 12.1 Å². The summed E-state index contributed by atoms with van der Waals surface area (Å²) in [5, 5.41) is 5.83. The Hall–Kier alpha value is -3.20. The summed E-state index contributed by atoms with van der Waals surface area (Å²) in [5.74, 6) is -1.13. The van der Waals surface area contributed by atoms with E-state index >= 15 is 0 Å². The van der Waals surface area contributed by atoms with Crippen LogP contribution in [0.15, 0.2) is 53.7 Å². The van der Waals surface area contributed by atoms with Gasteiger partial charge in [-0.1, -0.05) is 12.1 Å². The summed E-state index contributed by atoms with van der Waals surface area (Å²) in [7, 11) is -4.14. The van der Waals surface area contributed by atoms with E-state index in [-0.39, 0.29) is 11.3 Å². The fourth-order valence-electron chi connectivity index (χ4n) is 4.01. The third-order valence-corrected chi connectivity index (χ3v) is 7.80. The highest BCUT2D eigenvalue weighted by molar-refractivity contribution is 7.89. The number of amides is 2. The van der Waals surface area contributed by atoms with Crippen LogP contribution in [0.1, 0.15) is 40.2 Å². The van der Waals surface area contributed by atoms with Crippen molar-refractivity contribution < 1.29 is 32.3 Å². The molecule has 2 heterocycles. The summed E-state index contributed by atoms with van der Waals surface area (Å²) >= 11 is 4.46. The van der Waals surface area contributed by atoms with E-state index in [0.29, 0.717) is 37.5 Å². The first kappa shape index (κ1) is 33.3. The summed E-state index contributed by atoms with van der Waals surface area (Å²) in [6.07, 6.45) is 2.18. The largest absolute Gasteiger partial charge is 0.458 e. The number of nitrogens with one attached hydrogen (secondary N) is 3. The Kier molecular flexibility index (Phi) is 11.0. The molecule has 0 spiro atoms. The number of nitrogens with zero attached hydrogens (tertiary/aromatic N) is 2. The van der Waals surface area contributed by atoms with Gasteiger partial charge < -0.3 is 25.0 Å². The number of sulfonamides is 1. The highest BCUT2D eigenvalue weighted by Crippen LogP contribution is 2.22. The molecule has 3 N–H and O–H groups in total. The molecule has 42 heavy (non-hydrogen) atoms. The number of benzene rings is 1. The van der Waals surface area contributed by atoms with Gasteiger partial charge in [-0.2, -0.15) is 17.4 Å². The fraction of sp³-hybridized carbons (Fsp3) is 0.500. The second-order valence-electron chi connectivity index (χ2n) is 11.4. The number of esters is 1. The molecule has 14 heteroatoms. The highest BCUT2D eigenvalue weighted by atomic mass is 32.2. The molecule has 0 aliphatic carbocycles. The van der Waals surface area contributed by atoms with Crippen LogP contribution >= 0.6 is 12.6 Å². The van der Waals surface area contributed by atoms with Crippen LogP contribution in [-0.2, 0) is 30.8 Å². The van der Waals surface area contributed by atoms with Gasteiger partial charge in [0.05, 0.1) is 0 Å². The van der Waals surface area contributed by atoms with E-state index in [1.165, 1.54) is 18.3 Å². The van der Waals surface area contributed by atoms with Crippen molar-refractivity contribution in [2.45, 2.75) is 68.4 Å². The van der Waals surface area contributed by atoms with Crippen molar-refractivity contribution in [1.82, 2.24) is 25.2 Å². The number of ether oxygens (including phenoxy) is 2. The molecular formula is C28H39N5O7S2. The Morgan fingerprint density at radius 2 is 1.71 bits per heavy atom. The van der Waals surface area contributed by atoms with E-state index in [4.69, 9.17) is 9.47 Å². The van der Waals surface area contributed by atoms with Crippen molar-refractivity contribution >= 4 is 40.6 Å². The van der Waals surface area contributed by atoms with E-state index in [1.807, 2.05) is 0 Å². The second-order valence-corrected chi connectivity index (χ2v) is 14.3. The number of hydrogen-bond acceptors (Lipinski definition) is 10. The van der Waals surface area contributed by atoms with Gasteiger partial charge in [0.25, 0.3) is 0 Å². The zero-order valence-corrected chi connectivity index (χ0v) is 26.1. The SMILES string of the molecule is CC(C)(C)OC(=O)[C@H](Cc1ccc(OC(=O)N2CCNCC2)cc1)NC(=O)[C@@H](NS(=O)(=O)c1cccnc1)C(C)(C)S. The lowest BCUT2D eigenvalue weighted by Gasteiger charge is -2.31. The topological polar surface area (TPSA) is 156 Å². The molecule has 12 nitrogen and oxygen atoms in total. The van der Waals surface area contributed by atoms with E-state index in [0.717, 1.165) is 6.20 Å². The summed E-state index contributed by atoms with van der Waals surface area (Å²) in [5.41, 5.74) is -0.197. The van der Waals surface area contributed by atoms with Crippen LogP contribution in [0.25, 0.3) is 0 Å². The Bertz CT molecular complexity index is 1340. The molecular weight excluding hydrogens is 582 g/mol. The van der Waals surface area contributed by atoms with Crippen LogP contribution in [0, 0.1) is 0 Å². The average molecular weight is 622 g/mol. The third kappa shape index (κ3) is 9.96. The Labute approximate surface area is 252 Å². The minimum Gasteiger partial charge on any atom is -0.458 e.